The van der Waals surface area contributed by atoms with Gasteiger partial charge in [0.05, 0.1) is 17.0 Å². The van der Waals surface area contributed by atoms with Crippen molar-refractivity contribution in [2.45, 2.75) is 18.9 Å². The van der Waals surface area contributed by atoms with Crippen molar-refractivity contribution in [2.75, 3.05) is 0 Å². The zero-order valence-corrected chi connectivity index (χ0v) is 8.77. The number of nitrogens with zero attached hydrogens (tertiary/aromatic N) is 2. The predicted octanol–water partition coefficient (Wildman–Crippen LogP) is 0.205. The summed E-state index contributed by atoms with van der Waals surface area (Å²) in [4.78, 5) is 15.4. The van der Waals surface area contributed by atoms with Crippen molar-refractivity contribution >= 4 is 12.0 Å². The highest BCUT2D eigenvalue weighted by atomic mass is 16.4. The maximum atomic E-state index is 11.2. The van der Waals surface area contributed by atoms with Gasteiger partial charge in [-0.2, -0.15) is 5.26 Å². The molecule has 1 aromatic rings. The quantitative estimate of drug-likeness (QED) is 0.764. The molecule has 16 heavy (non-hydrogen) atoms. The molecular formula is C12H10N2O2. The molecule has 4 nitrogen and oxygen atoms in total. The summed E-state index contributed by atoms with van der Waals surface area (Å²) in [5, 5.41) is 19.3. The molecule has 1 atom stereocenters. The van der Waals surface area contributed by atoms with E-state index in [1.807, 2.05) is 6.07 Å². The van der Waals surface area contributed by atoms with Crippen molar-refractivity contribution < 1.29 is 9.90 Å². The van der Waals surface area contributed by atoms with Crippen molar-refractivity contribution in [1.29, 1.82) is 5.26 Å². The largest absolute Gasteiger partial charge is 0.479 e. The number of benzene rings is 1. The number of hydrogen-bond acceptors (Lipinski definition) is 3. The van der Waals surface area contributed by atoms with E-state index in [4.69, 9.17) is 5.26 Å². The molecule has 0 bridgehead atoms. The van der Waals surface area contributed by atoms with Gasteiger partial charge in [0.25, 0.3) is 0 Å². The molecule has 0 saturated heterocycles. The summed E-state index contributed by atoms with van der Waals surface area (Å²) in [6.07, 6.45) is 2.05. The van der Waals surface area contributed by atoms with Crippen LogP contribution in [0.2, 0.25) is 0 Å². The van der Waals surface area contributed by atoms with Gasteiger partial charge in [-0.05, 0) is 29.8 Å². The van der Waals surface area contributed by atoms with Crippen LogP contribution in [0.3, 0.4) is 0 Å². The fourth-order valence-corrected chi connectivity index (χ4v) is 1.78. The highest BCUT2D eigenvalue weighted by Crippen LogP contribution is 2.19. The predicted molar refractivity (Wildman–Crippen MR) is 57.1 cm³/mol. The second-order valence-electron chi connectivity index (χ2n) is 3.72. The molecule has 1 aromatic carbocycles. The van der Waals surface area contributed by atoms with E-state index >= 15 is 0 Å². The monoisotopic (exact) mass is 214 g/mol. The van der Waals surface area contributed by atoms with E-state index in [-0.39, 0.29) is 0 Å². The first-order valence-corrected chi connectivity index (χ1v) is 4.97. The van der Waals surface area contributed by atoms with Gasteiger partial charge in [-0.1, -0.05) is 13.0 Å². The summed E-state index contributed by atoms with van der Waals surface area (Å²) in [6.45, 7) is 1.78. The Morgan fingerprint density at radius 3 is 2.94 bits per heavy atom. The lowest BCUT2D eigenvalue weighted by Gasteiger charge is -2.15. The summed E-state index contributed by atoms with van der Waals surface area (Å²) in [6, 6.07) is 7.03. The number of fused-ring (bicyclic) bond motifs is 1. The maximum Gasteiger partial charge on any atom is 0.335 e. The van der Waals surface area contributed by atoms with Crippen LogP contribution in [-0.2, 0) is 4.79 Å². The van der Waals surface area contributed by atoms with Crippen LogP contribution in [0.5, 0.6) is 0 Å². The standard InChI is InChI=1S/C12H10N2O2/c1-2-12(11(15)16)6-9-4-3-8(7-13)5-10(9)14-12/h3-6H,2H2,1H3,(H,15,16). The summed E-state index contributed by atoms with van der Waals surface area (Å²) in [7, 11) is 0. The lowest BCUT2D eigenvalue weighted by molar-refractivity contribution is -0.140. The van der Waals surface area contributed by atoms with Crippen molar-refractivity contribution in [3.63, 3.8) is 0 Å². The van der Waals surface area contributed by atoms with Crippen LogP contribution in [0.4, 0.5) is 0 Å². The summed E-state index contributed by atoms with van der Waals surface area (Å²) >= 11 is 0. The number of nitriles is 1. The van der Waals surface area contributed by atoms with Crippen molar-refractivity contribution in [2.24, 2.45) is 4.99 Å². The minimum absolute atomic E-state index is 0.402. The van der Waals surface area contributed by atoms with E-state index in [0.29, 0.717) is 17.3 Å². The van der Waals surface area contributed by atoms with E-state index in [1.54, 1.807) is 31.2 Å². The Morgan fingerprint density at radius 2 is 2.38 bits per heavy atom. The number of carbonyl (C=O) groups is 1. The summed E-state index contributed by atoms with van der Waals surface area (Å²) in [5.74, 6) is -0.954. The normalized spacial score (nSPS) is 21.5. The molecule has 4 heteroatoms. The minimum Gasteiger partial charge on any atom is -0.479 e. The number of aliphatic carboxylic acids is 1. The third kappa shape index (κ3) is 1.38. The first-order chi connectivity index (χ1) is 7.61. The highest BCUT2D eigenvalue weighted by Gasteiger charge is 2.35. The van der Waals surface area contributed by atoms with Crippen molar-refractivity contribution in [3.05, 3.63) is 34.3 Å². The Bertz CT molecular complexity index is 613. The van der Waals surface area contributed by atoms with E-state index in [0.717, 1.165) is 5.22 Å². The third-order valence-electron chi connectivity index (χ3n) is 2.78. The van der Waals surface area contributed by atoms with Gasteiger partial charge in [0.15, 0.2) is 5.54 Å². The third-order valence-corrected chi connectivity index (χ3v) is 2.78. The molecule has 0 aliphatic carbocycles. The van der Waals surface area contributed by atoms with Crippen LogP contribution in [0.1, 0.15) is 18.9 Å². The average Bonchev–Trinajstić information content (AvgIpc) is 2.67. The van der Waals surface area contributed by atoms with Crippen LogP contribution in [0.25, 0.3) is 6.08 Å². The highest BCUT2D eigenvalue weighted by molar-refractivity contribution is 5.88. The molecule has 0 fully saturated rings. The first-order valence-electron chi connectivity index (χ1n) is 4.97. The van der Waals surface area contributed by atoms with Gasteiger partial charge in [0, 0.05) is 0 Å². The van der Waals surface area contributed by atoms with E-state index < -0.39 is 11.5 Å². The Labute approximate surface area is 92.2 Å². The fourth-order valence-electron chi connectivity index (χ4n) is 1.78. The number of rotatable bonds is 2. The van der Waals surface area contributed by atoms with Gasteiger partial charge >= 0.3 is 5.97 Å². The van der Waals surface area contributed by atoms with Crippen LogP contribution < -0.4 is 10.6 Å². The van der Waals surface area contributed by atoms with Gasteiger partial charge < -0.3 is 5.11 Å². The Morgan fingerprint density at radius 1 is 1.62 bits per heavy atom. The Hall–Kier alpha value is -2.15. The molecule has 0 radical (unpaired) electrons. The minimum atomic E-state index is -1.16. The lowest BCUT2D eigenvalue weighted by Crippen LogP contribution is -2.32. The summed E-state index contributed by atoms with van der Waals surface area (Å²) < 4.78 is 0. The van der Waals surface area contributed by atoms with E-state index in [9.17, 15) is 9.90 Å². The SMILES string of the molecule is CCC1(C(=O)O)C=c2ccc(C#N)cc2=N1. The van der Waals surface area contributed by atoms with Crippen LogP contribution in [0, 0.1) is 11.3 Å². The van der Waals surface area contributed by atoms with Crippen LogP contribution in [0.15, 0.2) is 23.2 Å². The zero-order valence-electron chi connectivity index (χ0n) is 8.77. The molecule has 0 spiro atoms. The van der Waals surface area contributed by atoms with Gasteiger partial charge in [-0.3, -0.25) is 4.99 Å². The molecule has 2 rings (SSSR count). The Balaban J connectivity index is 2.68. The number of hydrogen-bond donors (Lipinski definition) is 1. The molecule has 1 heterocycles. The van der Waals surface area contributed by atoms with Crippen molar-refractivity contribution in [3.8, 4) is 6.07 Å². The molecule has 80 valence electrons. The molecule has 1 aliphatic rings. The zero-order chi connectivity index (χ0) is 11.8. The molecule has 0 saturated carbocycles. The fraction of sp³-hybridized carbons (Fsp3) is 0.250. The molecule has 1 N–H and O–H groups in total. The van der Waals surface area contributed by atoms with Crippen LogP contribution in [-0.4, -0.2) is 16.6 Å². The van der Waals surface area contributed by atoms with Gasteiger partial charge in [-0.25, -0.2) is 4.79 Å². The topological polar surface area (TPSA) is 73.4 Å². The molecule has 0 amide bonds. The van der Waals surface area contributed by atoms with E-state index in [2.05, 4.69) is 4.99 Å². The average molecular weight is 214 g/mol. The lowest BCUT2D eigenvalue weighted by atomic mass is 9.98. The van der Waals surface area contributed by atoms with E-state index in [1.165, 1.54) is 0 Å². The second-order valence-corrected chi connectivity index (χ2v) is 3.72. The number of carboxylic acids is 1. The van der Waals surface area contributed by atoms with Gasteiger partial charge in [-0.15, -0.1) is 0 Å². The molecule has 0 aromatic heterocycles. The molecule has 1 unspecified atom stereocenters. The van der Waals surface area contributed by atoms with Gasteiger partial charge in [0.2, 0.25) is 0 Å². The van der Waals surface area contributed by atoms with Crippen LogP contribution >= 0.6 is 0 Å². The van der Waals surface area contributed by atoms with Crippen molar-refractivity contribution in [1.82, 2.24) is 0 Å². The first kappa shape index (κ1) is 10.4. The Kier molecular flexibility index (Phi) is 2.24. The number of carboxylic acid groups (broad SMARTS) is 1. The summed E-state index contributed by atoms with van der Waals surface area (Å²) in [5.41, 5.74) is -0.663. The maximum absolute atomic E-state index is 11.2. The molecule has 1 aliphatic heterocycles. The smallest absolute Gasteiger partial charge is 0.335 e. The molecular weight excluding hydrogens is 204 g/mol. The van der Waals surface area contributed by atoms with Gasteiger partial charge in [0.1, 0.15) is 0 Å². The second kappa shape index (κ2) is 3.46.